The van der Waals surface area contributed by atoms with Gasteiger partial charge in [-0.15, -0.1) is 11.3 Å². The molecule has 0 bridgehead atoms. The number of halogens is 3. The van der Waals surface area contributed by atoms with Crippen LogP contribution in [0, 0.1) is 18.8 Å². The summed E-state index contributed by atoms with van der Waals surface area (Å²) in [6, 6.07) is 0. The van der Waals surface area contributed by atoms with Crippen molar-refractivity contribution in [1.29, 1.82) is 0 Å². The van der Waals surface area contributed by atoms with E-state index in [1.165, 1.54) is 22.6 Å². The van der Waals surface area contributed by atoms with E-state index in [4.69, 9.17) is 5.11 Å². The third-order valence-corrected chi connectivity index (χ3v) is 4.90. The third-order valence-electron chi connectivity index (χ3n) is 3.89. The molecule has 0 spiro atoms. The van der Waals surface area contributed by atoms with Crippen molar-refractivity contribution in [2.75, 3.05) is 18.0 Å². The monoisotopic (exact) mass is 331 g/mol. The van der Waals surface area contributed by atoms with E-state index in [-0.39, 0.29) is 6.54 Å². The Balaban J connectivity index is 2.02. The topological polar surface area (TPSA) is 66.3 Å². The molecule has 2 atom stereocenters. The van der Waals surface area contributed by atoms with Gasteiger partial charge in [0, 0.05) is 13.1 Å². The van der Waals surface area contributed by atoms with Crippen molar-refractivity contribution in [2.45, 2.75) is 13.1 Å². The molecule has 3 heterocycles. The molecule has 2 aromatic heterocycles. The highest BCUT2D eigenvalue weighted by Gasteiger charge is 2.53. The lowest BCUT2D eigenvalue weighted by atomic mass is 9.96. The highest BCUT2D eigenvalue weighted by atomic mass is 32.1. The SMILES string of the molecule is Cc1csc2ncnc(N3C[C@@H](C(F)(F)F)[C@H](C(=O)O)C3)c12. The number of alkyl halides is 3. The molecule has 0 aliphatic carbocycles. The molecular formula is C13H12F3N3O2S. The molecule has 118 valence electrons. The quantitative estimate of drug-likeness (QED) is 0.916. The highest BCUT2D eigenvalue weighted by molar-refractivity contribution is 7.17. The number of fused-ring (bicyclic) bond motifs is 1. The molecule has 0 saturated carbocycles. The Hall–Kier alpha value is -1.90. The Morgan fingerprint density at radius 1 is 1.41 bits per heavy atom. The number of anilines is 1. The predicted octanol–water partition coefficient (Wildman–Crippen LogP) is 2.70. The molecule has 0 radical (unpaired) electrons. The molecule has 0 unspecified atom stereocenters. The zero-order valence-electron chi connectivity index (χ0n) is 11.5. The average molecular weight is 331 g/mol. The second kappa shape index (κ2) is 5.08. The van der Waals surface area contributed by atoms with Crippen LogP contribution in [0.25, 0.3) is 10.2 Å². The summed E-state index contributed by atoms with van der Waals surface area (Å²) in [4.78, 5) is 21.4. The summed E-state index contributed by atoms with van der Waals surface area (Å²) in [5.41, 5.74) is 0.873. The first-order valence-electron chi connectivity index (χ1n) is 6.52. The standard InChI is InChI=1S/C13H12F3N3O2S/c1-6-4-22-11-9(6)10(17-5-18-11)19-2-7(12(20)21)8(3-19)13(14,15)16/h4-5,7-8H,2-3H2,1H3,(H,20,21)/t7-,8-/m1/s1. The number of carboxylic acids is 1. The number of aromatic nitrogens is 2. The molecule has 9 heteroatoms. The van der Waals surface area contributed by atoms with E-state index in [2.05, 4.69) is 9.97 Å². The molecular weight excluding hydrogens is 319 g/mol. The van der Waals surface area contributed by atoms with Crippen LogP contribution in [-0.4, -0.2) is 40.3 Å². The third kappa shape index (κ3) is 2.39. The average Bonchev–Trinajstić information content (AvgIpc) is 3.03. The molecule has 1 fully saturated rings. The summed E-state index contributed by atoms with van der Waals surface area (Å²) in [6.07, 6.45) is -3.25. The second-order valence-electron chi connectivity index (χ2n) is 5.29. The van der Waals surface area contributed by atoms with Crippen LogP contribution in [0.4, 0.5) is 19.0 Å². The minimum atomic E-state index is -4.55. The number of thiophene rings is 1. The molecule has 0 amide bonds. The second-order valence-corrected chi connectivity index (χ2v) is 6.15. The van der Waals surface area contributed by atoms with Crippen molar-refractivity contribution in [1.82, 2.24) is 9.97 Å². The summed E-state index contributed by atoms with van der Waals surface area (Å²) in [7, 11) is 0. The fraction of sp³-hybridized carbons (Fsp3) is 0.462. The van der Waals surface area contributed by atoms with Gasteiger partial charge >= 0.3 is 12.1 Å². The highest BCUT2D eigenvalue weighted by Crippen LogP contribution is 2.41. The van der Waals surface area contributed by atoms with Crippen molar-refractivity contribution >= 4 is 33.3 Å². The molecule has 3 rings (SSSR count). The van der Waals surface area contributed by atoms with Crippen molar-refractivity contribution in [2.24, 2.45) is 11.8 Å². The first kappa shape index (κ1) is 15.0. The van der Waals surface area contributed by atoms with E-state index in [0.29, 0.717) is 16.0 Å². The van der Waals surface area contributed by atoms with Gasteiger partial charge in [-0.2, -0.15) is 13.2 Å². The van der Waals surface area contributed by atoms with Gasteiger partial charge in [-0.05, 0) is 17.9 Å². The number of aryl methyl sites for hydroxylation is 1. The van der Waals surface area contributed by atoms with Crippen LogP contribution in [-0.2, 0) is 4.79 Å². The van der Waals surface area contributed by atoms with Gasteiger partial charge in [-0.3, -0.25) is 4.79 Å². The van der Waals surface area contributed by atoms with Crippen molar-refractivity contribution < 1.29 is 23.1 Å². The van der Waals surface area contributed by atoms with Gasteiger partial charge < -0.3 is 10.0 Å². The fourth-order valence-electron chi connectivity index (χ4n) is 2.80. The molecule has 1 N–H and O–H groups in total. The van der Waals surface area contributed by atoms with Crippen LogP contribution in [0.3, 0.4) is 0 Å². The number of nitrogens with zero attached hydrogens (tertiary/aromatic N) is 3. The zero-order valence-corrected chi connectivity index (χ0v) is 12.3. The van der Waals surface area contributed by atoms with E-state index in [1.807, 2.05) is 12.3 Å². The van der Waals surface area contributed by atoms with Gasteiger partial charge in [-0.1, -0.05) is 0 Å². The van der Waals surface area contributed by atoms with E-state index in [0.717, 1.165) is 5.56 Å². The van der Waals surface area contributed by atoms with Gasteiger partial charge in [0.1, 0.15) is 17.0 Å². The minimum Gasteiger partial charge on any atom is -0.481 e. The number of rotatable bonds is 2. The summed E-state index contributed by atoms with van der Waals surface area (Å²) in [5, 5.41) is 11.6. The fourth-order valence-corrected chi connectivity index (χ4v) is 3.68. The summed E-state index contributed by atoms with van der Waals surface area (Å²) in [6.45, 7) is 1.22. The smallest absolute Gasteiger partial charge is 0.394 e. The molecule has 5 nitrogen and oxygen atoms in total. The van der Waals surface area contributed by atoms with Gasteiger partial charge in [-0.25, -0.2) is 9.97 Å². The van der Waals surface area contributed by atoms with Gasteiger partial charge in [0.15, 0.2) is 0 Å². The number of aliphatic carboxylic acids is 1. The number of hydrogen-bond acceptors (Lipinski definition) is 5. The Morgan fingerprint density at radius 3 is 2.73 bits per heavy atom. The molecule has 1 aliphatic rings. The minimum absolute atomic E-state index is 0.207. The molecule has 0 aromatic carbocycles. The Bertz CT molecular complexity index is 731. The van der Waals surface area contributed by atoms with Crippen LogP contribution < -0.4 is 4.90 Å². The number of hydrogen-bond donors (Lipinski definition) is 1. The maximum absolute atomic E-state index is 13.1. The van der Waals surface area contributed by atoms with Crippen LogP contribution in [0.1, 0.15) is 5.56 Å². The van der Waals surface area contributed by atoms with Crippen molar-refractivity contribution in [3.8, 4) is 0 Å². The zero-order chi connectivity index (χ0) is 16.1. The molecule has 1 saturated heterocycles. The van der Waals surface area contributed by atoms with E-state index in [1.54, 1.807) is 0 Å². The number of carboxylic acid groups (broad SMARTS) is 1. The van der Waals surface area contributed by atoms with Gasteiger partial charge in [0.2, 0.25) is 0 Å². The maximum atomic E-state index is 13.1. The van der Waals surface area contributed by atoms with E-state index >= 15 is 0 Å². The van der Waals surface area contributed by atoms with Crippen molar-refractivity contribution in [3.63, 3.8) is 0 Å². The van der Waals surface area contributed by atoms with Gasteiger partial charge in [0.05, 0.1) is 17.2 Å². The lowest BCUT2D eigenvalue weighted by Crippen LogP contribution is -2.33. The van der Waals surface area contributed by atoms with E-state index in [9.17, 15) is 18.0 Å². The van der Waals surface area contributed by atoms with Crippen molar-refractivity contribution in [3.05, 3.63) is 17.3 Å². The Labute approximate surface area is 127 Å². The first-order valence-corrected chi connectivity index (χ1v) is 7.40. The maximum Gasteiger partial charge on any atom is 0.394 e. The molecule has 22 heavy (non-hydrogen) atoms. The molecule has 1 aliphatic heterocycles. The molecule has 2 aromatic rings. The summed E-state index contributed by atoms with van der Waals surface area (Å²) >= 11 is 1.38. The summed E-state index contributed by atoms with van der Waals surface area (Å²) in [5.74, 6) is -4.43. The van der Waals surface area contributed by atoms with Gasteiger partial charge in [0.25, 0.3) is 0 Å². The first-order chi connectivity index (χ1) is 10.3. The Morgan fingerprint density at radius 2 is 2.14 bits per heavy atom. The van der Waals surface area contributed by atoms with Crippen LogP contribution in [0.5, 0.6) is 0 Å². The lowest BCUT2D eigenvalue weighted by Gasteiger charge is -2.19. The predicted molar refractivity (Wildman–Crippen MR) is 75.0 cm³/mol. The van der Waals surface area contributed by atoms with Crippen LogP contribution in [0.2, 0.25) is 0 Å². The Kier molecular flexibility index (Phi) is 3.47. The largest absolute Gasteiger partial charge is 0.481 e. The lowest BCUT2D eigenvalue weighted by molar-refractivity contribution is -0.187. The van der Waals surface area contributed by atoms with Crippen LogP contribution >= 0.6 is 11.3 Å². The summed E-state index contributed by atoms with van der Waals surface area (Å²) < 4.78 is 39.2. The number of carbonyl (C=O) groups is 1. The normalized spacial score (nSPS) is 22.5. The van der Waals surface area contributed by atoms with E-state index < -0.39 is 30.5 Å². The van der Waals surface area contributed by atoms with Crippen LogP contribution in [0.15, 0.2) is 11.7 Å².